The van der Waals surface area contributed by atoms with Gasteiger partial charge >= 0.3 is 17.9 Å². The summed E-state index contributed by atoms with van der Waals surface area (Å²) < 4.78 is 16.6. The van der Waals surface area contributed by atoms with Gasteiger partial charge in [0.2, 0.25) is 0 Å². The molecule has 0 saturated heterocycles. The van der Waals surface area contributed by atoms with Crippen LogP contribution in [0.15, 0.2) is 0 Å². The number of carbonyl (C=O) groups is 3. The first kappa shape index (κ1) is 49.4. The van der Waals surface area contributed by atoms with Crippen LogP contribution < -0.4 is 0 Å². The minimum atomic E-state index is -0.755. The number of unbranched alkanes of at least 4 members (excludes halogenated alkanes) is 30. The highest BCUT2D eigenvalue weighted by molar-refractivity contribution is 5.71. The second-order valence-electron chi connectivity index (χ2n) is 15.3. The minimum Gasteiger partial charge on any atom is -0.462 e. The summed E-state index contributed by atoms with van der Waals surface area (Å²) in [6.07, 6.45) is 41.3. The molecular formula is C45H86O6. The van der Waals surface area contributed by atoms with E-state index in [1.165, 1.54) is 148 Å². The Bertz CT molecular complexity index is 753. The number of carbonyl (C=O) groups excluding carboxylic acids is 3. The predicted molar refractivity (Wildman–Crippen MR) is 215 cm³/mol. The minimum absolute atomic E-state index is 0.0646. The van der Waals surface area contributed by atoms with Crippen molar-refractivity contribution in [2.45, 2.75) is 258 Å². The van der Waals surface area contributed by atoms with Crippen molar-refractivity contribution in [1.29, 1.82) is 0 Å². The zero-order valence-corrected chi connectivity index (χ0v) is 34.4. The quantitative estimate of drug-likeness (QED) is 0.0355. The molecule has 302 valence electrons. The lowest BCUT2D eigenvalue weighted by atomic mass is 10.0. The third-order valence-corrected chi connectivity index (χ3v) is 10.1. The second-order valence-corrected chi connectivity index (χ2v) is 15.3. The molecule has 1 atom stereocenters. The van der Waals surface area contributed by atoms with Crippen LogP contribution in [0.5, 0.6) is 0 Å². The summed E-state index contributed by atoms with van der Waals surface area (Å²) in [7, 11) is 0. The van der Waals surface area contributed by atoms with Crippen LogP contribution in [-0.4, -0.2) is 37.2 Å². The van der Waals surface area contributed by atoms with Gasteiger partial charge in [-0.05, 0) is 19.3 Å². The highest BCUT2D eigenvalue weighted by Crippen LogP contribution is 2.16. The number of ether oxygens (including phenoxy) is 3. The van der Waals surface area contributed by atoms with Crippen molar-refractivity contribution in [3.8, 4) is 0 Å². The lowest BCUT2D eigenvalue weighted by molar-refractivity contribution is -0.167. The van der Waals surface area contributed by atoms with Crippen LogP contribution in [0.4, 0.5) is 0 Å². The van der Waals surface area contributed by atoms with Gasteiger partial charge in [0.15, 0.2) is 6.10 Å². The first-order valence-corrected chi connectivity index (χ1v) is 22.5. The molecule has 0 rings (SSSR count). The Morgan fingerprint density at radius 1 is 0.314 bits per heavy atom. The summed E-state index contributed by atoms with van der Waals surface area (Å²) in [6, 6.07) is 0. The van der Waals surface area contributed by atoms with Crippen molar-refractivity contribution < 1.29 is 28.6 Å². The van der Waals surface area contributed by atoms with Crippen molar-refractivity contribution >= 4 is 17.9 Å². The molecular weight excluding hydrogens is 636 g/mol. The highest BCUT2D eigenvalue weighted by Gasteiger charge is 2.19. The van der Waals surface area contributed by atoms with E-state index in [2.05, 4.69) is 20.8 Å². The number of rotatable bonds is 41. The first-order chi connectivity index (χ1) is 25.0. The fourth-order valence-electron chi connectivity index (χ4n) is 6.68. The van der Waals surface area contributed by atoms with Crippen LogP contribution in [-0.2, 0) is 28.6 Å². The van der Waals surface area contributed by atoms with Crippen LogP contribution in [0.1, 0.15) is 252 Å². The number of hydrogen-bond acceptors (Lipinski definition) is 6. The Morgan fingerprint density at radius 3 is 0.784 bits per heavy atom. The zero-order chi connectivity index (χ0) is 37.3. The first-order valence-electron chi connectivity index (χ1n) is 22.5. The van der Waals surface area contributed by atoms with Gasteiger partial charge in [-0.3, -0.25) is 14.4 Å². The standard InChI is InChI=1S/C45H86O6/c1-4-7-10-13-15-17-18-19-20-21-22-23-24-25-26-28-30-33-35-38-44(47)50-41-42(51-45(48)39-36-31-12-9-6-3)40-49-43(46)37-34-32-29-27-16-14-11-8-5-2/h42H,4-41H2,1-3H3/t42-/m1/s1. The molecule has 0 aromatic heterocycles. The number of esters is 3. The monoisotopic (exact) mass is 723 g/mol. The lowest BCUT2D eigenvalue weighted by Crippen LogP contribution is -2.30. The molecule has 0 spiro atoms. The average molecular weight is 723 g/mol. The molecule has 0 heterocycles. The van der Waals surface area contributed by atoms with Gasteiger partial charge < -0.3 is 14.2 Å². The smallest absolute Gasteiger partial charge is 0.306 e. The molecule has 51 heavy (non-hydrogen) atoms. The molecule has 0 radical (unpaired) electrons. The molecule has 0 unspecified atom stereocenters. The lowest BCUT2D eigenvalue weighted by Gasteiger charge is -2.18. The number of hydrogen-bond donors (Lipinski definition) is 0. The summed E-state index contributed by atoms with van der Waals surface area (Å²) in [5.74, 6) is -0.871. The molecule has 0 fully saturated rings. The van der Waals surface area contributed by atoms with E-state index in [0.717, 1.165) is 64.2 Å². The van der Waals surface area contributed by atoms with E-state index in [0.29, 0.717) is 19.3 Å². The Labute approximate surface area is 317 Å². The van der Waals surface area contributed by atoms with E-state index >= 15 is 0 Å². The van der Waals surface area contributed by atoms with Crippen LogP contribution in [0, 0.1) is 0 Å². The molecule has 0 amide bonds. The largest absolute Gasteiger partial charge is 0.462 e. The molecule has 6 heteroatoms. The van der Waals surface area contributed by atoms with Gasteiger partial charge in [0.05, 0.1) is 0 Å². The van der Waals surface area contributed by atoms with Crippen LogP contribution in [0.2, 0.25) is 0 Å². The second kappa shape index (κ2) is 41.2. The van der Waals surface area contributed by atoms with Gasteiger partial charge in [0.1, 0.15) is 13.2 Å². The predicted octanol–water partition coefficient (Wildman–Crippen LogP) is 14.1. The summed E-state index contributed by atoms with van der Waals surface area (Å²) in [6.45, 7) is 6.55. The molecule has 0 aliphatic carbocycles. The summed E-state index contributed by atoms with van der Waals surface area (Å²) in [5.41, 5.74) is 0. The van der Waals surface area contributed by atoms with Gasteiger partial charge in [-0.2, -0.15) is 0 Å². The Kier molecular flexibility index (Phi) is 39.9. The Balaban J connectivity index is 4.04. The van der Waals surface area contributed by atoms with Gasteiger partial charge in [0, 0.05) is 19.3 Å². The fraction of sp³-hybridized carbons (Fsp3) is 0.933. The van der Waals surface area contributed by atoms with Crippen molar-refractivity contribution in [3.05, 3.63) is 0 Å². The van der Waals surface area contributed by atoms with Crippen molar-refractivity contribution in [2.24, 2.45) is 0 Å². The van der Waals surface area contributed by atoms with E-state index < -0.39 is 6.10 Å². The van der Waals surface area contributed by atoms with Crippen molar-refractivity contribution in [1.82, 2.24) is 0 Å². The Morgan fingerprint density at radius 2 is 0.529 bits per heavy atom. The van der Waals surface area contributed by atoms with E-state index in [-0.39, 0.29) is 31.1 Å². The van der Waals surface area contributed by atoms with Gasteiger partial charge in [-0.1, -0.05) is 213 Å². The van der Waals surface area contributed by atoms with Gasteiger partial charge in [0.25, 0.3) is 0 Å². The zero-order valence-electron chi connectivity index (χ0n) is 34.4. The normalized spacial score (nSPS) is 11.8. The van der Waals surface area contributed by atoms with Crippen molar-refractivity contribution in [3.63, 3.8) is 0 Å². The third kappa shape index (κ3) is 39.5. The molecule has 0 aromatic rings. The van der Waals surface area contributed by atoms with Crippen LogP contribution >= 0.6 is 0 Å². The maximum absolute atomic E-state index is 12.5. The molecule has 0 aliphatic heterocycles. The molecule has 0 N–H and O–H groups in total. The molecule has 0 aliphatic rings. The fourth-order valence-corrected chi connectivity index (χ4v) is 6.68. The third-order valence-electron chi connectivity index (χ3n) is 10.1. The Hall–Kier alpha value is -1.59. The summed E-state index contributed by atoms with van der Waals surface area (Å²) in [4.78, 5) is 37.3. The molecule has 0 bridgehead atoms. The molecule has 0 saturated carbocycles. The van der Waals surface area contributed by atoms with Crippen molar-refractivity contribution in [2.75, 3.05) is 13.2 Å². The maximum atomic E-state index is 12.5. The van der Waals surface area contributed by atoms with E-state index in [9.17, 15) is 14.4 Å². The van der Waals surface area contributed by atoms with E-state index in [4.69, 9.17) is 14.2 Å². The van der Waals surface area contributed by atoms with Crippen LogP contribution in [0.25, 0.3) is 0 Å². The molecule has 6 nitrogen and oxygen atoms in total. The SMILES string of the molecule is CCCCCCCCCCCCCCCCCCCCCC(=O)OC[C@@H](COC(=O)CCCCCCCCCCC)OC(=O)CCCCCCC. The maximum Gasteiger partial charge on any atom is 0.306 e. The van der Waals surface area contributed by atoms with Gasteiger partial charge in [-0.15, -0.1) is 0 Å². The van der Waals surface area contributed by atoms with E-state index in [1.807, 2.05) is 0 Å². The summed E-state index contributed by atoms with van der Waals surface area (Å²) in [5, 5.41) is 0. The van der Waals surface area contributed by atoms with E-state index in [1.54, 1.807) is 0 Å². The highest BCUT2D eigenvalue weighted by atomic mass is 16.6. The van der Waals surface area contributed by atoms with Gasteiger partial charge in [-0.25, -0.2) is 0 Å². The summed E-state index contributed by atoms with van der Waals surface area (Å²) >= 11 is 0. The average Bonchev–Trinajstić information content (AvgIpc) is 3.12. The van der Waals surface area contributed by atoms with Crippen LogP contribution in [0.3, 0.4) is 0 Å². The molecule has 0 aromatic carbocycles. The topological polar surface area (TPSA) is 78.9 Å².